The molecule has 0 bridgehead atoms. The molecule has 0 atom stereocenters. The predicted octanol–water partition coefficient (Wildman–Crippen LogP) is 1.82. The maximum atomic E-state index is 11.6. The monoisotopic (exact) mass is 454 g/mol. The Morgan fingerprint density at radius 3 is 2.48 bits per heavy atom. The summed E-state index contributed by atoms with van der Waals surface area (Å²) in [5.74, 6) is 0.757. The van der Waals surface area contributed by atoms with Crippen molar-refractivity contribution in [2.24, 2.45) is 4.99 Å². The number of nitrogens with one attached hydrogen (secondary N) is 3. The Bertz CT molecular complexity index is 591. The number of nitrogens with zero attached hydrogens (tertiary/aromatic N) is 1. The Kier molecular flexibility index (Phi) is 11.2. The summed E-state index contributed by atoms with van der Waals surface area (Å²) in [6.07, 6.45) is 1.03. The number of hydrogen-bond acceptors (Lipinski definition) is 3. The molecule has 0 saturated carbocycles. The smallest absolute Gasteiger partial charge is 0.215 e. The average Bonchev–Trinajstić information content (AvgIpc) is 2.50. The molecule has 0 aliphatic heterocycles. The van der Waals surface area contributed by atoms with Gasteiger partial charge in [0, 0.05) is 13.1 Å². The van der Waals surface area contributed by atoms with Gasteiger partial charge in [-0.2, -0.15) is 0 Å². The first kappa shape index (κ1) is 22.1. The van der Waals surface area contributed by atoms with Crippen LogP contribution in [-0.2, 0) is 22.3 Å². The summed E-state index contributed by atoms with van der Waals surface area (Å²) >= 11 is 0. The van der Waals surface area contributed by atoms with Crippen molar-refractivity contribution in [2.45, 2.75) is 32.6 Å². The van der Waals surface area contributed by atoms with E-state index in [9.17, 15) is 8.42 Å². The molecule has 0 heterocycles. The standard InChI is InChI=1S/C15H26N4O2S.HI/c1-4-9-18-15(17-5-2)19-11-13-7-6-8-14(10-13)12-22(20,21)16-3;/h6-8,10,16H,4-5,9,11-12H2,1-3H3,(H2,17,18,19);1H. The first-order chi connectivity index (χ1) is 10.5. The van der Waals surface area contributed by atoms with Gasteiger partial charge in [0.1, 0.15) is 0 Å². The van der Waals surface area contributed by atoms with E-state index in [1.807, 2.05) is 31.2 Å². The van der Waals surface area contributed by atoms with Crippen LogP contribution in [0, 0.1) is 0 Å². The minimum absolute atomic E-state index is 0. The minimum Gasteiger partial charge on any atom is -0.357 e. The molecule has 0 radical (unpaired) electrons. The van der Waals surface area contributed by atoms with Crippen LogP contribution < -0.4 is 15.4 Å². The molecule has 0 aliphatic carbocycles. The fraction of sp³-hybridized carbons (Fsp3) is 0.533. The van der Waals surface area contributed by atoms with E-state index in [0.717, 1.165) is 36.6 Å². The van der Waals surface area contributed by atoms with Gasteiger partial charge in [-0.15, -0.1) is 24.0 Å². The van der Waals surface area contributed by atoms with Gasteiger partial charge in [-0.25, -0.2) is 18.1 Å². The van der Waals surface area contributed by atoms with Gasteiger partial charge in [-0.1, -0.05) is 31.2 Å². The second-order valence-corrected chi connectivity index (χ2v) is 6.83. The second kappa shape index (κ2) is 11.6. The Morgan fingerprint density at radius 1 is 1.17 bits per heavy atom. The molecule has 6 nitrogen and oxygen atoms in total. The fourth-order valence-corrected chi connectivity index (χ4v) is 2.63. The van der Waals surface area contributed by atoms with Crippen molar-refractivity contribution >= 4 is 40.0 Å². The molecular weight excluding hydrogens is 427 g/mol. The summed E-state index contributed by atoms with van der Waals surface area (Å²) in [6.45, 7) is 6.30. The van der Waals surface area contributed by atoms with Crippen LogP contribution in [0.1, 0.15) is 31.4 Å². The highest BCUT2D eigenvalue weighted by atomic mass is 127. The highest BCUT2D eigenvalue weighted by Gasteiger charge is 2.08. The Labute approximate surface area is 156 Å². The number of rotatable bonds is 8. The first-order valence-electron chi connectivity index (χ1n) is 7.52. The zero-order chi connectivity index (χ0) is 16.4. The molecule has 0 fully saturated rings. The summed E-state index contributed by atoms with van der Waals surface area (Å²) in [5.41, 5.74) is 1.74. The van der Waals surface area contributed by atoms with Crippen LogP contribution in [0.3, 0.4) is 0 Å². The normalized spacial score (nSPS) is 11.7. The van der Waals surface area contributed by atoms with Crippen molar-refractivity contribution in [1.29, 1.82) is 0 Å². The van der Waals surface area contributed by atoms with Crippen LogP contribution in [0.15, 0.2) is 29.3 Å². The van der Waals surface area contributed by atoms with Gasteiger partial charge in [0.25, 0.3) is 0 Å². The van der Waals surface area contributed by atoms with Gasteiger partial charge in [-0.3, -0.25) is 0 Å². The minimum atomic E-state index is -3.25. The van der Waals surface area contributed by atoms with E-state index < -0.39 is 10.0 Å². The van der Waals surface area contributed by atoms with Crippen molar-refractivity contribution in [3.63, 3.8) is 0 Å². The molecule has 0 aliphatic rings. The van der Waals surface area contributed by atoms with Gasteiger partial charge >= 0.3 is 0 Å². The summed E-state index contributed by atoms with van der Waals surface area (Å²) in [4.78, 5) is 4.51. The van der Waals surface area contributed by atoms with Gasteiger partial charge in [0.05, 0.1) is 12.3 Å². The average molecular weight is 454 g/mol. The van der Waals surface area contributed by atoms with E-state index in [1.165, 1.54) is 7.05 Å². The van der Waals surface area contributed by atoms with Crippen molar-refractivity contribution in [3.05, 3.63) is 35.4 Å². The predicted molar refractivity (Wildman–Crippen MR) is 107 cm³/mol. The molecule has 0 amide bonds. The lowest BCUT2D eigenvalue weighted by Gasteiger charge is -2.10. The van der Waals surface area contributed by atoms with Crippen molar-refractivity contribution < 1.29 is 8.42 Å². The van der Waals surface area contributed by atoms with E-state index in [4.69, 9.17) is 0 Å². The zero-order valence-electron chi connectivity index (χ0n) is 13.9. The molecule has 0 saturated heterocycles. The molecule has 23 heavy (non-hydrogen) atoms. The van der Waals surface area contributed by atoms with Crippen molar-refractivity contribution in [3.8, 4) is 0 Å². The number of guanidine groups is 1. The Morgan fingerprint density at radius 2 is 1.87 bits per heavy atom. The van der Waals surface area contributed by atoms with Crippen LogP contribution >= 0.6 is 24.0 Å². The van der Waals surface area contributed by atoms with Crippen LogP contribution in [0.5, 0.6) is 0 Å². The zero-order valence-corrected chi connectivity index (χ0v) is 17.1. The molecule has 3 N–H and O–H groups in total. The highest BCUT2D eigenvalue weighted by molar-refractivity contribution is 14.0. The number of aliphatic imine (C=N–C) groups is 1. The van der Waals surface area contributed by atoms with Crippen LogP contribution in [0.2, 0.25) is 0 Å². The van der Waals surface area contributed by atoms with Gasteiger partial charge < -0.3 is 10.6 Å². The number of halogens is 1. The lowest BCUT2D eigenvalue weighted by Crippen LogP contribution is -2.37. The van der Waals surface area contributed by atoms with E-state index >= 15 is 0 Å². The third kappa shape index (κ3) is 9.11. The van der Waals surface area contributed by atoms with E-state index in [1.54, 1.807) is 0 Å². The number of sulfonamides is 1. The topological polar surface area (TPSA) is 82.6 Å². The molecule has 8 heteroatoms. The number of benzene rings is 1. The molecule has 1 rings (SSSR count). The molecule has 0 unspecified atom stereocenters. The molecule has 132 valence electrons. The van der Waals surface area contributed by atoms with Crippen LogP contribution in [0.4, 0.5) is 0 Å². The molecule has 0 spiro atoms. The van der Waals surface area contributed by atoms with Crippen LogP contribution in [0.25, 0.3) is 0 Å². The molecular formula is C15H27IN4O2S. The molecule has 0 aromatic heterocycles. The summed E-state index contributed by atoms with van der Waals surface area (Å²) < 4.78 is 25.5. The van der Waals surface area contributed by atoms with Crippen LogP contribution in [-0.4, -0.2) is 34.5 Å². The van der Waals surface area contributed by atoms with Gasteiger partial charge in [0.2, 0.25) is 10.0 Å². The van der Waals surface area contributed by atoms with Crippen molar-refractivity contribution in [2.75, 3.05) is 20.1 Å². The third-order valence-electron chi connectivity index (χ3n) is 2.97. The van der Waals surface area contributed by atoms with E-state index in [0.29, 0.717) is 6.54 Å². The Balaban J connectivity index is 0.00000484. The SMILES string of the molecule is CCCNC(=NCc1cccc(CS(=O)(=O)NC)c1)NCC.I. The lowest BCUT2D eigenvalue weighted by atomic mass is 10.1. The summed E-state index contributed by atoms with van der Waals surface area (Å²) in [7, 11) is -1.83. The largest absolute Gasteiger partial charge is 0.357 e. The van der Waals surface area contributed by atoms with E-state index in [2.05, 4.69) is 27.3 Å². The van der Waals surface area contributed by atoms with Gasteiger partial charge in [0.15, 0.2) is 5.96 Å². The second-order valence-electron chi connectivity index (χ2n) is 4.91. The highest BCUT2D eigenvalue weighted by Crippen LogP contribution is 2.09. The molecule has 1 aromatic carbocycles. The maximum Gasteiger partial charge on any atom is 0.215 e. The van der Waals surface area contributed by atoms with Crippen molar-refractivity contribution in [1.82, 2.24) is 15.4 Å². The first-order valence-corrected chi connectivity index (χ1v) is 9.17. The number of hydrogen-bond donors (Lipinski definition) is 3. The maximum absolute atomic E-state index is 11.6. The summed E-state index contributed by atoms with van der Waals surface area (Å²) in [6, 6.07) is 7.49. The lowest BCUT2D eigenvalue weighted by molar-refractivity contribution is 0.587. The molecule has 1 aromatic rings. The van der Waals surface area contributed by atoms with E-state index in [-0.39, 0.29) is 29.7 Å². The third-order valence-corrected chi connectivity index (χ3v) is 4.30. The fourth-order valence-electron chi connectivity index (χ4n) is 1.86. The van der Waals surface area contributed by atoms with Gasteiger partial charge in [-0.05, 0) is 31.5 Å². The quantitative estimate of drug-likeness (QED) is 0.318. The summed E-state index contributed by atoms with van der Waals surface area (Å²) in [5, 5.41) is 6.42. The Hall–Kier alpha value is -0.870.